The number of anilines is 1. The Kier molecular flexibility index (Phi) is 8.98. The molecule has 1 N–H and O–H groups in total. The average Bonchev–Trinajstić information content (AvgIpc) is 3.43. The smallest absolute Gasteiger partial charge is 0.261 e. The Bertz CT molecular complexity index is 1660. The molecule has 6 rings (SSSR count). The number of hydrogen-bond acceptors (Lipinski definition) is 9. The lowest BCUT2D eigenvalue weighted by atomic mass is 10.1. The van der Waals surface area contributed by atoms with E-state index in [0.717, 1.165) is 56.5 Å². The molecule has 2 aliphatic heterocycles. The normalized spacial score (nSPS) is 17.0. The lowest BCUT2D eigenvalue weighted by Gasteiger charge is -2.26. The molecule has 0 atom stereocenters. The van der Waals surface area contributed by atoms with Crippen molar-refractivity contribution in [1.82, 2.24) is 14.2 Å². The number of ether oxygens (including phenoxy) is 3. The molecule has 0 unspecified atom stereocenters. The first kappa shape index (κ1) is 29.0. The van der Waals surface area contributed by atoms with E-state index >= 15 is 0 Å². The molecular formula is C30H34N4O6S2. The highest BCUT2D eigenvalue weighted by atomic mass is 32.2. The quantitative estimate of drug-likeness (QED) is 0.266. The number of sulfonamides is 1. The van der Waals surface area contributed by atoms with Crippen LogP contribution in [-0.2, 0) is 19.5 Å². The molecular weight excluding hydrogens is 576 g/mol. The number of carbonyl (C=O) groups excluding carboxylic acids is 1. The number of carbonyl (C=O) groups is 1. The summed E-state index contributed by atoms with van der Waals surface area (Å²) in [4.78, 5) is 20.7. The molecule has 222 valence electrons. The van der Waals surface area contributed by atoms with Crippen LogP contribution in [0.1, 0.15) is 23.2 Å². The van der Waals surface area contributed by atoms with Gasteiger partial charge in [0.05, 0.1) is 53.7 Å². The van der Waals surface area contributed by atoms with E-state index in [4.69, 9.17) is 14.2 Å². The molecule has 3 aromatic carbocycles. The van der Waals surface area contributed by atoms with Gasteiger partial charge in [0.2, 0.25) is 10.0 Å². The van der Waals surface area contributed by atoms with E-state index in [1.54, 1.807) is 18.2 Å². The van der Waals surface area contributed by atoms with Gasteiger partial charge in [-0.2, -0.15) is 4.31 Å². The van der Waals surface area contributed by atoms with Gasteiger partial charge in [-0.1, -0.05) is 35.6 Å². The Morgan fingerprint density at radius 2 is 1.64 bits per heavy atom. The molecule has 4 aromatic rings. The first-order valence-corrected chi connectivity index (χ1v) is 16.5. The molecule has 10 nitrogen and oxygen atoms in total. The number of benzene rings is 3. The minimum absolute atomic E-state index is 0.206. The van der Waals surface area contributed by atoms with Gasteiger partial charge in [0.15, 0.2) is 5.13 Å². The zero-order valence-corrected chi connectivity index (χ0v) is 24.9. The fourth-order valence-electron chi connectivity index (χ4n) is 5.18. The van der Waals surface area contributed by atoms with E-state index in [0.29, 0.717) is 59.6 Å². The number of morpholine rings is 2. The van der Waals surface area contributed by atoms with Crippen LogP contribution >= 0.6 is 11.3 Å². The fraction of sp³-hybridized carbons (Fsp3) is 0.400. The van der Waals surface area contributed by atoms with Gasteiger partial charge in [-0.25, -0.2) is 13.4 Å². The van der Waals surface area contributed by atoms with Gasteiger partial charge in [0.1, 0.15) is 5.75 Å². The molecule has 0 aliphatic carbocycles. The molecule has 2 saturated heterocycles. The minimum Gasteiger partial charge on any atom is -0.493 e. The Hall–Kier alpha value is -3.13. The maximum absolute atomic E-state index is 13.5. The second-order valence-electron chi connectivity index (χ2n) is 10.3. The Labute approximate surface area is 249 Å². The van der Waals surface area contributed by atoms with E-state index in [-0.39, 0.29) is 10.8 Å². The van der Waals surface area contributed by atoms with Crippen LogP contribution in [0.2, 0.25) is 0 Å². The van der Waals surface area contributed by atoms with Crippen molar-refractivity contribution in [2.24, 2.45) is 0 Å². The summed E-state index contributed by atoms with van der Waals surface area (Å²) >= 11 is 1.24. The molecule has 0 bridgehead atoms. The Morgan fingerprint density at radius 3 is 2.40 bits per heavy atom. The van der Waals surface area contributed by atoms with E-state index in [2.05, 4.69) is 15.2 Å². The number of hydrogen-bond donors (Lipinski definition) is 1. The number of rotatable bonds is 10. The van der Waals surface area contributed by atoms with E-state index < -0.39 is 10.0 Å². The number of fused-ring (bicyclic) bond motifs is 2. The van der Waals surface area contributed by atoms with Crippen molar-refractivity contribution in [3.8, 4) is 5.75 Å². The van der Waals surface area contributed by atoms with Crippen LogP contribution in [0, 0.1) is 0 Å². The number of amides is 1. The highest BCUT2D eigenvalue weighted by molar-refractivity contribution is 7.89. The number of nitrogens with zero attached hydrogens (tertiary/aromatic N) is 3. The zero-order valence-electron chi connectivity index (χ0n) is 23.3. The molecule has 12 heteroatoms. The minimum atomic E-state index is -3.64. The molecule has 42 heavy (non-hydrogen) atoms. The van der Waals surface area contributed by atoms with Crippen LogP contribution in [0.3, 0.4) is 0 Å². The van der Waals surface area contributed by atoms with E-state index in [9.17, 15) is 13.2 Å². The first-order chi connectivity index (χ1) is 20.5. The Balaban J connectivity index is 1.16. The highest BCUT2D eigenvalue weighted by Crippen LogP contribution is 2.32. The van der Waals surface area contributed by atoms with Crippen molar-refractivity contribution < 1.29 is 27.4 Å². The summed E-state index contributed by atoms with van der Waals surface area (Å²) in [5, 5.41) is 5.23. The largest absolute Gasteiger partial charge is 0.493 e. The summed E-state index contributed by atoms with van der Waals surface area (Å²) in [6.45, 7) is 6.43. The standard InChI is InChI=1S/C30H34N4O6S2/c35-29(32-30-31-26-8-7-24(21-28(26)41-30)42(36,37)34-12-17-39-18-13-34)25-19-22-5-1-2-6-23(22)20-27(25)40-14-4-3-9-33-10-15-38-16-11-33/h1-2,5-8,19-21H,3-4,9-18H2,(H,31,32,35). The lowest BCUT2D eigenvalue weighted by Crippen LogP contribution is -2.40. The van der Waals surface area contributed by atoms with Gasteiger partial charge >= 0.3 is 0 Å². The SMILES string of the molecule is O=C(Nc1nc2ccc(S(=O)(=O)N3CCOCC3)cc2s1)c1cc2ccccc2cc1OCCCCN1CCOCC1. The van der Waals surface area contributed by atoms with Gasteiger partial charge in [0.25, 0.3) is 5.91 Å². The van der Waals surface area contributed by atoms with Crippen LogP contribution in [0.15, 0.2) is 59.5 Å². The van der Waals surface area contributed by atoms with Crippen molar-refractivity contribution in [1.29, 1.82) is 0 Å². The molecule has 0 saturated carbocycles. The van der Waals surface area contributed by atoms with Gasteiger partial charge in [-0.3, -0.25) is 15.0 Å². The second-order valence-corrected chi connectivity index (χ2v) is 13.3. The van der Waals surface area contributed by atoms with Crippen molar-refractivity contribution in [2.75, 3.05) is 71.1 Å². The van der Waals surface area contributed by atoms with Crippen molar-refractivity contribution in [3.05, 3.63) is 60.2 Å². The molecule has 0 radical (unpaired) electrons. The van der Waals surface area contributed by atoms with Crippen LogP contribution in [-0.4, -0.2) is 94.3 Å². The van der Waals surface area contributed by atoms with Crippen molar-refractivity contribution >= 4 is 53.4 Å². The van der Waals surface area contributed by atoms with Crippen LogP contribution < -0.4 is 10.1 Å². The summed E-state index contributed by atoms with van der Waals surface area (Å²) in [6, 6.07) is 16.5. The van der Waals surface area contributed by atoms with Crippen LogP contribution in [0.5, 0.6) is 5.75 Å². The maximum atomic E-state index is 13.5. The third-order valence-corrected chi connectivity index (χ3v) is 10.3. The lowest BCUT2D eigenvalue weighted by molar-refractivity contribution is 0.0368. The van der Waals surface area contributed by atoms with E-state index in [1.807, 2.05) is 36.4 Å². The fourth-order valence-corrected chi connectivity index (χ4v) is 7.59. The van der Waals surface area contributed by atoms with Gasteiger partial charge in [-0.05, 0) is 60.5 Å². The van der Waals surface area contributed by atoms with Gasteiger partial charge < -0.3 is 14.2 Å². The molecule has 3 heterocycles. The summed E-state index contributed by atoms with van der Waals surface area (Å²) < 4.78 is 45.2. The molecule has 2 aliphatic rings. The van der Waals surface area contributed by atoms with Gasteiger partial charge in [-0.15, -0.1) is 0 Å². The molecule has 1 amide bonds. The van der Waals surface area contributed by atoms with Crippen molar-refractivity contribution in [2.45, 2.75) is 17.7 Å². The van der Waals surface area contributed by atoms with Gasteiger partial charge in [0, 0.05) is 26.2 Å². The zero-order chi connectivity index (χ0) is 28.9. The van der Waals surface area contributed by atoms with Crippen molar-refractivity contribution in [3.63, 3.8) is 0 Å². The van der Waals surface area contributed by atoms with Crippen LogP contribution in [0.4, 0.5) is 5.13 Å². The monoisotopic (exact) mass is 610 g/mol. The predicted octanol–water partition coefficient (Wildman–Crippen LogP) is 4.21. The number of unbranched alkanes of at least 4 members (excludes halogenated alkanes) is 1. The summed E-state index contributed by atoms with van der Waals surface area (Å²) in [7, 11) is -3.64. The highest BCUT2D eigenvalue weighted by Gasteiger charge is 2.27. The third kappa shape index (κ3) is 6.59. The Morgan fingerprint density at radius 1 is 0.929 bits per heavy atom. The summed E-state index contributed by atoms with van der Waals surface area (Å²) in [6.07, 6.45) is 1.88. The summed E-state index contributed by atoms with van der Waals surface area (Å²) in [5.74, 6) is 0.196. The predicted molar refractivity (Wildman–Crippen MR) is 163 cm³/mol. The number of thiazole rings is 1. The molecule has 2 fully saturated rings. The average molecular weight is 611 g/mol. The number of nitrogens with one attached hydrogen (secondary N) is 1. The number of aromatic nitrogens is 1. The topological polar surface area (TPSA) is 110 Å². The third-order valence-electron chi connectivity index (χ3n) is 7.51. The first-order valence-electron chi connectivity index (χ1n) is 14.2. The molecule has 1 aromatic heterocycles. The van der Waals surface area contributed by atoms with Crippen LogP contribution in [0.25, 0.3) is 21.0 Å². The molecule has 0 spiro atoms. The second kappa shape index (κ2) is 13.0. The summed E-state index contributed by atoms with van der Waals surface area (Å²) in [5.41, 5.74) is 1.04. The maximum Gasteiger partial charge on any atom is 0.261 e. The van der Waals surface area contributed by atoms with E-state index in [1.165, 1.54) is 15.6 Å².